The number of benzene rings is 1. The Bertz CT molecular complexity index is 805. The highest BCUT2D eigenvalue weighted by atomic mass is 15.4. The van der Waals surface area contributed by atoms with E-state index < -0.39 is 0 Å². The lowest BCUT2D eigenvalue weighted by atomic mass is 10.1. The van der Waals surface area contributed by atoms with Gasteiger partial charge in [0.05, 0.1) is 6.54 Å². The van der Waals surface area contributed by atoms with Crippen LogP contribution in [0.5, 0.6) is 0 Å². The smallest absolute Gasteiger partial charge is 0.191 e. The molecule has 1 fully saturated rings. The van der Waals surface area contributed by atoms with Gasteiger partial charge >= 0.3 is 0 Å². The van der Waals surface area contributed by atoms with Crippen LogP contribution in [0.1, 0.15) is 49.1 Å². The van der Waals surface area contributed by atoms with Gasteiger partial charge in [-0.2, -0.15) is 5.10 Å². The van der Waals surface area contributed by atoms with E-state index in [0.717, 1.165) is 44.3 Å². The maximum atomic E-state index is 4.44. The van der Waals surface area contributed by atoms with Crippen molar-refractivity contribution < 1.29 is 0 Å². The molecule has 2 aliphatic heterocycles. The summed E-state index contributed by atoms with van der Waals surface area (Å²) in [6.45, 7) is 5.10. The number of nitrogens with zero attached hydrogens (tertiary/aromatic N) is 5. The van der Waals surface area contributed by atoms with Gasteiger partial charge in [0, 0.05) is 32.6 Å². The topological polar surface area (TPSA) is 70.4 Å². The Morgan fingerprint density at radius 2 is 1.93 bits per heavy atom. The molecular weight excluding hydrogens is 362 g/mol. The van der Waals surface area contributed by atoms with Crippen LogP contribution < -0.4 is 10.6 Å². The second-order valence-electron chi connectivity index (χ2n) is 8.12. The van der Waals surface area contributed by atoms with Gasteiger partial charge in [-0.3, -0.25) is 9.89 Å². The van der Waals surface area contributed by atoms with Crippen LogP contribution in [0, 0.1) is 0 Å². The molecule has 1 atom stereocenters. The summed E-state index contributed by atoms with van der Waals surface area (Å²) in [4.78, 5) is 11.3. The first-order chi connectivity index (χ1) is 14.3. The van der Waals surface area contributed by atoms with Gasteiger partial charge in [0.25, 0.3) is 0 Å². The zero-order chi connectivity index (χ0) is 19.9. The first kappa shape index (κ1) is 19.9. The maximum absolute atomic E-state index is 4.44. The number of rotatable bonds is 5. The highest BCUT2D eigenvalue weighted by Crippen LogP contribution is 2.16. The molecule has 156 valence electrons. The molecule has 1 saturated heterocycles. The average molecular weight is 396 g/mol. The van der Waals surface area contributed by atoms with Crippen LogP contribution in [0.4, 0.5) is 0 Å². The van der Waals surface area contributed by atoms with Crippen LogP contribution in [0.3, 0.4) is 0 Å². The standard InChI is InChI=1S/C22H33N7/c1-23-22(27-20-10-11-21-25-17-26-29(21)16-20)24-14-18-8-4-5-9-19(18)15-28-12-6-2-3-7-13-28/h4-5,8-9,17,20H,2-3,6-7,10-16H2,1H3,(H2,23,24,27). The minimum Gasteiger partial charge on any atom is -0.352 e. The summed E-state index contributed by atoms with van der Waals surface area (Å²) in [5.74, 6) is 1.93. The maximum Gasteiger partial charge on any atom is 0.191 e. The molecule has 4 rings (SSSR count). The van der Waals surface area contributed by atoms with Crippen molar-refractivity contribution in [2.75, 3.05) is 20.1 Å². The van der Waals surface area contributed by atoms with E-state index in [-0.39, 0.29) is 0 Å². The predicted octanol–water partition coefficient (Wildman–Crippen LogP) is 2.33. The molecule has 0 amide bonds. The summed E-state index contributed by atoms with van der Waals surface area (Å²) in [5, 5.41) is 11.4. The van der Waals surface area contributed by atoms with Crippen LogP contribution >= 0.6 is 0 Å². The molecule has 0 radical (unpaired) electrons. The number of hydrogen-bond donors (Lipinski definition) is 2. The molecule has 7 heteroatoms. The number of nitrogens with one attached hydrogen (secondary N) is 2. The number of fused-ring (bicyclic) bond motifs is 1. The number of aliphatic imine (C=N–C) groups is 1. The summed E-state index contributed by atoms with van der Waals surface area (Å²) >= 11 is 0. The van der Waals surface area contributed by atoms with Crippen molar-refractivity contribution in [3.05, 3.63) is 47.5 Å². The van der Waals surface area contributed by atoms with E-state index in [0.29, 0.717) is 6.04 Å². The summed E-state index contributed by atoms with van der Waals surface area (Å²) in [7, 11) is 1.84. The van der Waals surface area contributed by atoms with Gasteiger partial charge in [-0.1, -0.05) is 37.1 Å². The first-order valence-electron chi connectivity index (χ1n) is 10.9. The monoisotopic (exact) mass is 395 g/mol. The molecule has 0 aliphatic carbocycles. The van der Waals surface area contributed by atoms with E-state index in [1.807, 2.05) is 11.7 Å². The molecule has 1 aromatic heterocycles. The predicted molar refractivity (Wildman–Crippen MR) is 116 cm³/mol. The third kappa shape index (κ3) is 5.35. The van der Waals surface area contributed by atoms with Gasteiger partial charge in [0.1, 0.15) is 12.2 Å². The minimum absolute atomic E-state index is 0.322. The molecule has 2 aliphatic rings. The molecule has 7 nitrogen and oxygen atoms in total. The summed E-state index contributed by atoms with van der Waals surface area (Å²) in [6, 6.07) is 9.11. The van der Waals surface area contributed by atoms with Crippen LogP contribution in [0.2, 0.25) is 0 Å². The Labute approximate surface area is 173 Å². The fraction of sp³-hybridized carbons (Fsp3) is 0.591. The fourth-order valence-corrected chi connectivity index (χ4v) is 4.34. The van der Waals surface area contributed by atoms with Crippen LogP contribution in [-0.2, 0) is 26.1 Å². The molecule has 29 heavy (non-hydrogen) atoms. The average Bonchev–Trinajstić information content (AvgIpc) is 3.07. The molecule has 1 unspecified atom stereocenters. The van der Waals surface area contributed by atoms with Crippen molar-refractivity contribution in [3.63, 3.8) is 0 Å². The largest absolute Gasteiger partial charge is 0.352 e. The number of guanidine groups is 1. The van der Waals surface area contributed by atoms with Crippen molar-refractivity contribution in [1.82, 2.24) is 30.3 Å². The molecule has 0 saturated carbocycles. The highest BCUT2D eigenvalue weighted by molar-refractivity contribution is 5.80. The number of likely N-dealkylation sites (tertiary alicyclic amines) is 1. The minimum atomic E-state index is 0.322. The van der Waals surface area contributed by atoms with E-state index in [2.05, 4.69) is 54.9 Å². The number of aromatic nitrogens is 3. The Kier molecular flexibility index (Phi) is 6.77. The van der Waals surface area contributed by atoms with Crippen LogP contribution in [0.25, 0.3) is 0 Å². The molecule has 3 heterocycles. The van der Waals surface area contributed by atoms with E-state index in [1.54, 1.807) is 6.33 Å². The van der Waals surface area contributed by atoms with E-state index in [1.165, 1.54) is 49.9 Å². The lowest BCUT2D eigenvalue weighted by molar-refractivity contribution is 0.276. The van der Waals surface area contributed by atoms with E-state index >= 15 is 0 Å². The van der Waals surface area contributed by atoms with Gasteiger partial charge in [-0.25, -0.2) is 9.67 Å². The zero-order valence-electron chi connectivity index (χ0n) is 17.5. The molecular formula is C22H33N7. The van der Waals surface area contributed by atoms with Crippen molar-refractivity contribution in [1.29, 1.82) is 0 Å². The Balaban J connectivity index is 1.33. The van der Waals surface area contributed by atoms with Gasteiger partial charge in [0.2, 0.25) is 0 Å². The van der Waals surface area contributed by atoms with Crippen LogP contribution in [0.15, 0.2) is 35.6 Å². The normalized spacial score (nSPS) is 20.7. The van der Waals surface area contributed by atoms with Gasteiger partial charge < -0.3 is 10.6 Å². The van der Waals surface area contributed by atoms with Gasteiger partial charge in [-0.05, 0) is 43.5 Å². The Morgan fingerprint density at radius 3 is 2.72 bits per heavy atom. The summed E-state index contributed by atoms with van der Waals surface area (Å²) in [6.07, 6.45) is 9.04. The molecule has 0 bridgehead atoms. The van der Waals surface area contributed by atoms with E-state index in [4.69, 9.17) is 0 Å². The van der Waals surface area contributed by atoms with Crippen molar-refractivity contribution in [3.8, 4) is 0 Å². The lowest BCUT2D eigenvalue weighted by Crippen LogP contribution is -2.46. The highest BCUT2D eigenvalue weighted by Gasteiger charge is 2.20. The summed E-state index contributed by atoms with van der Waals surface area (Å²) < 4.78 is 1.99. The van der Waals surface area contributed by atoms with Crippen molar-refractivity contribution in [2.24, 2.45) is 4.99 Å². The Morgan fingerprint density at radius 1 is 1.14 bits per heavy atom. The number of hydrogen-bond acceptors (Lipinski definition) is 4. The second kappa shape index (κ2) is 9.87. The third-order valence-corrected chi connectivity index (χ3v) is 6.03. The lowest BCUT2D eigenvalue weighted by Gasteiger charge is -2.26. The van der Waals surface area contributed by atoms with Gasteiger partial charge in [0.15, 0.2) is 5.96 Å². The second-order valence-corrected chi connectivity index (χ2v) is 8.12. The van der Waals surface area contributed by atoms with Crippen LogP contribution in [-0.4, -0.2) is 51.8 Å². The van der Waals surface area contributed by atoms with E-state index in [9.17, 15) is 0 Å². The number of aryl methyl sites for hydroxylation is 1. The third-order valence-electron chi connectivity index (χ3n) is 6.03. The van der Waals surface area contributed by atoms with Crippen molar-refractivity contribution >= 4 is 5.96 Å². The zero-order valence-corrected chi connectivity index (χ0v) is 17.5. The quantitative estimate of drug-likeness (QED) is 0.601. The Hall–Kier alpha value is -2.41. The SMILES string of the molecule is CN=C(NCc1ccccc1CN1CCCCCC1)NC1CCc2ncnn2C1. The van der Waals surface area contributed by atoms with Gasteiger partial charge in [-0.15, -0.1) is 0 Å². The molecule has 1 aromatic carbocycles. The first-order valence-corrected chi connectivity index (χ1v) is 10.9. The van der Waals surface area contributed by atoms with Crippen molar-refractivity contribution in [2.45, 2.75) is 64.2 Å². The molecule has 2 aromatic rings. The molecule has 0 spiro atoms. The fourth-order valence-electron chi connectivity index (χ4n) is 4.34. The molecule has 2 N–H and O–H groups in total. The summed E-state index contributed by atoms with van der Waals surface area (Å²) in [5.41, 5.74) is 2.77.